The summed E-state index contributed by atoms with van der Waals surface area (Å²) < 4.78 is 0. The second kappa shape index (κ2) is 7.57. The minimum Gasteiger partial charge on any atom is -0.355 e. The van der Waals surface area contributed by atoms with Gasteiger partial charge in [0.1, 0.15) is 11.5 Å². The molecule has 3 heterocycles. The fourth-order valence-electron chi connectivity index (χ4n) is 3.28. The zero-order chi connectivity index (χ0) is 18.6. The fraction of sp³-hybridized carbons (Fsp3) is 0.300. The summed E-state index contributed by atoms with van der Waals surface area (Å²) in [5, 5.41) is 10.2. The van der Waals surface area contributed by atoms with Gasteiger partial charge in [-0.25, -0.2) is 4.98 Å². The monoisotopic (exact) mass is 362 g/mol. The highest BCUT2D eigenvalue weighted by atomic mass is 16.2. The molecule has 1 fully saturated rings. The molecule has 1 saturated heterocycles. The Morgan fingerprint density at radius 1 is 1.19 bits per heavy atom. The maximum absolute atomic E-state index is 12.5. The molecule has 0 spiro atoms. The lowest BCUT2D eigenvalue weighted by atomic mass is 10.0. The molecular formula is C20H22N6O. The minimum atomic E-state index is -0.112. The number of carbonyl (C=O) groups excluding carboxylic acids is 1. The summed E-state index contributed by atoms with van der Waals surface area (Å²) >= 11 is 0. The molecule has 7 heteroatoms. The zero-order valence-electron chi connectivity index (χ0n) is 15.2. The van der Waals surface area contributed by atoms with Crippen molar-refractivity contribution in [2.45, 2.75) is 25.8 Å². The van der Waals surface area contributed by atoms with Crippen molar-refractivity contribution in [1.29, 1.82) is 0 Å². The van der Waals surface area contributed by atoms with Crippen molar-refractivity contribution in [3.05, 3.63) is 60.2 Å². The number of anilines is 1. The Labute approximate surface area is 157 Å². The number of aromatic nitrogens is 4. The van der Waals surface area contributed by atoms with E-state index in [1.54, 1.807) is 24.7 Å². The Bertz CT molecular complexity index is 898. The SMILES string of the molecule is Cc1ccc(-c2cc(C(=O)NC3CCN(c4cnccn4)CC3)[nH]n2)cc1. The molecule has 7 nitrogen and oxygen atoms in total. The predicted molar refractivity (Wildman–Crippen MR) is 103 cm³/mol. The molecule has 0 aliphatic carbocycles. The van der Waals surface area contributed by atoms with Crippen LogP contribution in [-0.2, 0) is 0 Å². The highest BCUT2D eigenvalue weighted by molar-refractivity contribution is 5.93. The summed E-state index contributed by atoms with van der Waals surface area (Å²) in [5.74, 6) is 0.775. The van der Waals surface area contributed by atoms with Crippen molar-refractivity contribution in [3.63, 3.8) is 0 Å². The van der Waals surface area contributed by atoms with Crippen LogP contribution in [0.4, 0.5) is 5.82 Å². The number of carbonyl (C=O) groups is 1. The average Bonchev–Trinajstić information content (AvgIpc) is 3.20. The molecule has 2 aromatic heterocycles. The van der Waals surface area contributed by atoms with Gasteiger partial charge in [-0.1, -0.05) is 29.8 Å². The number of hydrogen-bond acceptors (Lipinski definition) is 5. The van der Waals surface area contributed by atoms with Crippen LogP contribution >= 0.6 is 0 Å². The minimum absolute atomic E-state index is 0.112. The Morgan fingerprint density at radius 2 is 1.96 bits per heavy atom. The first-order valence-corrected chi connectivity index (χ1v) is 9.13. The van der Waals surface area contributed by atoms with Crippen molar-refractivity contribution in [1.82, 2.24) is 25.5 Å². The molecule has 0 unspecified atom stereocenters. The first kappa shape index (κ1) is 17.2. The number of H-pyrrole nitrogens is 1. The van der Waals surface area contributed by atoms with E-state index in [1.165, 1.54) is 5.56 Å². The summed E-state index contributed by atoms with van der Waals surface area (Å²) in [6.07, 6.45) is 6.90. The average molecular weight is 362 g/mol. The Kier molecular flexibility index (Phi) is 4.82. The lowest BCUT2D eigenvalue weighted by Gasteiger charge is -2.32. The highest BCUT2D eigenvalue weighted by Crippen LogP contribution is 2.19. The van der Waals surface area contributed by atoms with Gasteiger partial charge >= 0.3 is 0 Å². The Hall–Kier alpha value is -3.22. The second-order valence-corrected chi connectivity index (χ2v) is 6.83. The van der Waals surface area contributed by atoms with E-state index in [0.29, 0.717) is 5.69 Å². The number of rotatable bonds is 4. The van der Waals surface area contributed by atoms with E-state index in [9.17, 15) is 4.79 Å². The van der Waals surface area contributed by atoms with E-state index in [1.807, 2.05) is 31.2 Å². The van der Waals surface area contributed by atoms with Crippen LogP contribution in [-0.4, -0.2) is 45.2 Å². The largest absolute Gasteiger partial charge is 0.355 e. The maximum Gasteiger partial charge on any atom is 0.269 e. The van der Waals surface area contributed by atoms with Crippen molar-refractivity contribution < 1.29 is 4.79 Å². The molecule has 3 aromatic rings. The Balaban J connectivity index is 1.34. The molecule has 27 heavy (non-hydrogen) atoms. The molecule has 0 bridgehead atoms. The molecule has 0 radical (unpaired) electrons. The van der Waals surface area contributed by atoms with Crippen LogP contribution in [0.15, 0.2) is 48.9 Å². The summed E-state index contributed by atoms with van der Waals surface area (Å²) in [7, 11) is 0. The smallest absolute Gasteiger partial charge is 0.269 e. The van der Waals surface area contributed by atoms with Crippen molar-refractivity contribution in [3.8, 4) is 11.3 Å². The van der Waals surface area contributed by atoms with Crippen LogP contribution in [0.25, 0.3) is 11.3 Å². The van der Waals surface area contributed by atoms with E-state index in [0.717, 1.165) is 43.0 Å². The van der Waals surface area contributed by atoms with E-state index < -0.39 is 0 Å². The quantitative estimate of drug-likeness (QED) is 0.745. The maximum atomic E-state index is 12.5. The number of hydrogen-bond donors (Lipinski definition) is 2. The number of nitrogens with zero attached hydrogens (tertiary/aromatic N) is 4. The van der Waals surface area contributed by atoms with Gasteiger partial charge in [-0.15, -0.1) is 0 Å². The van der Waals surface area contributed by atoms with Gasteiger partial charge in [0.15, 0.2) is 0 Å². The van der Waals surface area contributed by atoms with E-state index >= 15 is 0 Å². The molecule has 138 valence electrons. The van der Waals surface area contributed by atoms with Gasteiger partial charge < -0.3 is 10.2 Å². The molecule has 1 aliphatic rings. The summed E-state index contributed by atoms with van der Waals surface area (Å²) in [4.78, 5) is 23.2. The van der Waals surface area contributed by atoms with Crippen LogP contribution in [0, 0.1) is 6.92 Å². The molecule has 0 saturated carbocycles. The van der Waals surface area contributed by atoms with E-state index in [-0.39, 0.29) is 11.9 Å². The number of piperidine rings is 1. The van der Waals surface area contributed by atoms with Crippen molar-refractivity contribution in [2.75, 3.05) is 18.0 Å². The third kappa shape index (κ3) is 3.97. The normalized spacial score (nSPS) is 14.9. The summed E-state index contributed by atoms with van der Waals surface area (Å²) in [6.45, 7) is 3.74. The van der Waals surface area contributed by atoms with E-state index in [4.69, 9.17) is 0 Å². The second-order valence-electron chi connectivity index (χ2n) is 6.83. The van der Waals surface area contributed by atoms with E-state index in [2.05, 4.69) is 30.4 Å². The lowest BCUT2D eigenvalue weighted by molar-refractivity contribution is 0.0926. The molecule has 1 aromatic carbocycles. The summed E-state index contributed by atoms with van der Waals surface area (Å²) in [5.41, 5.74) is 3.45. The van der Waals surface area contributed by atoms with Crippen LogP contribution < -0.4 is 10.2 Å². The third-order valence-corrected chi connectivity index (χ3v) is 4.87. The molecule has 2 N–H and O–H groups in total. The molecule has 4 rings (SSSR count). The topological polar surface area (TPSA) is 86.8 Å². The van der Waals surface area contributed by atoms with Gasteiger partial charge in [0.25, 0.3) is 5.91 Å². The van der Waals surface area contributed by atoms with Crippen LogP contribution in [0.5, 0.6) is 0 Å². The number of nitrogens with one attached hydrogen (secondary N) is 2. The molecular weight excluding hydrogens is 340 g/mol. The van der Waals surface area contributed by atoms with Gasteiger partial charge in [-0.05, 0) is 25.8 Å². The first-order valence-electron chi connectivity index (χ1n) is 9.13. The Morgan fingerprint density at radius 3 is 2.67 bits per heavy atom. The van der Waals surface area contributed by atoms with Gasteiger partial charge in [0.2, 0.25) is 0 Å². The van der Waals surface area contributed by atoms with Crippen LogP contribution in [0.2, 0.25) is 0 Å². The van der Waals surface area contributed by atoms with Gasteiger partial charge in [0.05, 0.1) is 11.9 Å². The predicted octanol–water partition coefficient (Wildman–Crippen LogP) is 2.57. The number of aryl methyl sites for hydroxylation is 1. The zero-order valence-corrected chi connectivity index (χ0v) is 15.2. The van der Waals surface area contributed by atoms with Crippen LogP contribution in [0.1, 0.15) is 28.9 Å². The number of amides is 1. The highest BCUT2D eigenvalue weighted by Gasteiger charge is 2.22. The van der Waals surface area contributed by atoms with Crippen LogP contribution in [0.3, 0.4) is 0 Å². The molecule has 0 atom stereocenters. The van der Waals surface area contributed by atoms with Crippen molar-refractivity contribution in [2.24, 2.45) is 0 Å². The number of benzene rings is 1. The lowest BCUT2D eigenvalue weighted by Crippen LogP contribution is -2.45. The fourth-order valence-corrected chi connectivity index (χ4v) is 3.28. The third-order valence-electron chi connectivity index (χ3n) is 4.87. The number of aromatic amines is 1. The van der Waals surface area contributed by atoms with Gasteiger partial charge in [-0.3, -0.25) is 14.9 Å². The first-order chi connectivity index (χ1) is 13.2. The van der Waals surface area contributed by atoms with Gasteiger partial charge in [0, 0.05) is 37.1 Å². The van der Waals surface area contributed by atoms with Gasteiger partial charge in [-0.2, -0.15) is 5.10 Å². The molecule has 1 aliphatic heterocycles. The standard InChI is InChI=1S/C20H22N6O/c1-14-2-4-15(5-3-14)17-12-18(25-24-17)20(27)23-16-6-10-26(11-7-16)19-13-21-8-9-22-19/h2-5,8-9,12-13,16H,6-7,10-11H2,1H3,(H,23,27)(H,24,25). The molecule has 1 amide bonds. The van der Waals surface area contributed by atoms with Crippen molar-refractivity contribution >= 4 is 11.7 Å². The summed E-state index contributed by atoms with van der Waals surface area (Å²) in [6, 6.07) is 10.0.